The van der Waals surface area contributed by atoms with E-state index in [1.807, 2.05) is 12.1 Å². The first kappa shape index (κ1) is 30.0. The molecule has 0 saturated heterocycles. The second kappa shape index (κ2) is 11.2. The van der Waals surface area contributed by atoms with Gasteiger partial charge in [0.25, 0.3) is 0 Å². The van der Waals surface area contributed by atoms with Crippen LogP contribution in [0.1, 0.15) is 25.0 Å². The molecule has 2 heteroatoms. The van der Waals surface area contributed by atoms with Crippen molar-refractivity contribution >= 4 is 71.3 Å². The summed E-state index contributed by atoms with van der Waals surface area (Å²) in [6.07, 6.45) is 0. The summed E-state index contributed by atoms with van der Waals surface area (Å²) in [5.74, 6) is 0. The molecule has 11 rings (SSSR count). The van der Waals surface area contributed by atoms with Crippen LogP contribution in [-0.2, 0) is 5.41 Å². The minimum atomic E-state index is -0.110. The van der Waals surface area contributed by atoms with Crippen molar-refractivity contribution in [3.05, 3.63) is 187 Å². The summed E-state index contributed by atoms with van der Waals surface area (Å²) < 4.78 is 6.42. The number of benzene rings is 9. The number of fused-ring (bicyclic) bond motifs is 11. The van der Waals surface area contributed by atoms with Gasteiger partial charge in [-0.05, 0) is 114 Å². The lowest BCUT2D eigenvalue weighted by atomic mass is 9.82. The third kappa shape index (κ3) is 4.45. The van der Waals surface area contributed by atoms with E-state index in [2.05, 4.69) is 183 Å². The Kier molecular flexibility index (Phi) is 6.33. The summed E-state index contributed by atoms with van der Waals surface area (Å²) in [4.78, 5) is 2.38. The van der Waals surface area contributed by atoms with Gasteiger partial charge in [-0.25, -0.2) is 0 Å². The molecule has 0 fully saturated rings. The first-order valence-electron chi connectivity index (χ1n) is 18.4. The smallest absolute Gasteiger partial charge is 0.137 e. The van der Waals surface area contributed by atoms with Gasteiger partial charge in [0, 0.05) is 39.3 Å². The van der Waals surface area contributed by atoms with E-state index in [9.17, 15) is 0 Å². The zero-order valence-electron chi connectivity index (χ0n) is 29.6. The predicted octanol–water partition coefficient (Wildman–Crippen LogP) is 14.5. The molecule has 0 bridgehead atoms. The van der Waals surface area contributed by atoms with Crippen LogP contribution in [0.3, 0.4) is 0 Å². The molecule has 10 aromatic rings. The molecule has 250 valence electrons. The first-order valence-corrected chi connectivity index (χ1v) is 18.4. The van der Waals surface area contributed by atoms with Crippen LogP contribution >= 0.6 is 0 Å². The fourth-order valence-corrected chi connectivity index (χ4v) is 9.02. The molecule has 1 aromatic heterocycles. The van der Waals surface area contributed by atoms with Crippen molar-refractivity contribution in [1.82, 2.24) is 0 Å². The van der Waals surface area contributed by atoms with Crippen molar-refractivity contribution in [3.63, 3.8) is 0 Å². The maximum absolute atomic E-state index is 6.42. The highest BCUT2D eigenvalue weighted by Crippen LogP contribution is 2.51. The van der Waals surface area contributed by atoms with Gasteiger partial charge >= 0.3 is 0 Å². The number of furan rings is 1. The SMILES string of the molecule is CC1(C)c2ccccc2-c2ccc(N(c3ccc(-c4cc5c6ccccc6ccc5c5ccccc45)cc3)c3ccc4c(c3)oc3ccccc34)cc21. The van der Waals surface area contributed by atoms with Gasteiger partial charge in [-0.1, -0.05) is 135 Å². The van der Waals surface area contributed by atoms with Crippen molar-refractivity contribution in [2.45, 2.75) is 19.3 Å². The molecule has 0 aliphatic heterocycles. The van der Waals surface area contributed by atoms with E-state index >= 15 is 0 Å². The summed E-state index contributed by atoms with van der Waals surface area (Å²) in [6.45, 7) is 4.69. The van der Waals surface area contributed by atoms with E-state index in [-0.39, 0.29) is 5.41 Å². The van der Waals surface area contributed by atoms with Crippen molar-refractivity contribution in [2.75, 3.05) is 4.90 Å². The molecule has 0 N–H and O–H groups in total. The van der Waals surface area contributed by atoms with Gasteiger partial charge in [-0.15, -0.1) is 0 Å². The van der Waals surface area contributed by atoms with Gasteiger partial charge in [-0.2, -0.15) is 0 Å². The molecule has 2 nitrogen and oxygen atoms in total. The fourth-order valence-electron chi connectivity index (χ4n) is 9.02. The summed E-state index contributed by atoms with van der Waals surface area (Å²) in [5.41, 5.74) is 12.7. The number of anilines is 3. The molecule has 0 saturated carbocycles. The summed E-state index contributed by atoms with van der Waals surface area (Å²) in [5, 5.41) is 9.90. The van der Waals surface area contributed by atoms with Gasteiger partial charge in [0.2, 0.25) is 0 Å². The average molecular weight is 678 g/mol. The molecular formula is C51H35NO. The molecule has 0 radical (unpaired) electrons. The Balaban J connectivity index is 1.09. The van der Waals surface area contributed by atoms with Crippen LogP contribution in [0.15, 0.2) is 180 Å². The molecular weight excluding hydrogens is 643 g/mol. The molecule has 1 aliphatic rings. The van der Waals surface area contributed by atoms with Gasteiger partial charge < -0.3 is 9.32 Å². The number of nitrogens with zero attached hydrogens (tertiary/aromatic N) is 1. The van der Waals surface area contributed by atoms with Crippen LogP contribution in [0.2, 0.25) is 0 Å². The Morgan fingerprint density at radius 3 is 1.85 bits per heavy atom. The highest BCUT2D eigenvalue weighted by Gasteiger charge is 2.35. The van der Waals surface area contributed by atoms with Crippen LogP contribution in [0, 0.1) is 0 Å². The van der Waals surface area contributed by atoms with E-state index in [0.717, 1.165) is 39.0 Å². The van der Waals surface area contributed by atoms with Gasteiger partial charge in [0.1, 0.15) is 11.2 Å². The van der Waals surface area contributed by atoms with Crippen LogP contribution in [-0.4, -0.2) is 0 Å². The largest absolute Gasteiger partial charge is 0.456 e. The molecule has 53 heavy (non-hydrogen) atoms. The monoisotopic (exact) mass is 677 g/mol. The Labute approximate surface area is 308 Å². The lowest BCUT2D eigenvalue weighted by Gasteiger charge is -2.28. The van der Waals surface area contributed by atoms with E-state index in [0.29, 0.717) is 0 Å². The minimum absolute atomic E-state index is 0.110. The zero-order valence-corrected chi connectivity index (χ0v) is 29.6. The van der Waals surface area contributed by atoms with Crippen LogP contribution in [0.5, 0.6) is 0 Å². The normalized spacial score (nSPS) is 13.2. The maximum atomic E-state index is 6.42. The highest BCUT2D eigenvalue weighted by molar-refractivity contribution is 6.21. The van der Waals surface area contributed by atoms with Crippen molar-refractivity contribution in [1.29, 1.82) is 0 Å². The Bertz CT molecular complexity index is 3090. The quantitative estimate of drug-likeness (QED) is 0.172. The van der Waals surface area contributed by atoms with Crippen LogP contribution in [0.25, 0.3) is 76.5 Å². The second-order valence-electron chi connectivity index (χ2n) is 14.9. The molecule has 0 unspecified atom stereocenters. The van der Waals surface area contributed by atoms with Crippen molar-refractivity contribution in [3.8, 4) is 22.3 Å². The third-order valence-electron chi connectivity index (χ3n) is 11.6. The third-order valence-corrected chi connectivity index (χ3v) is 11.6. The van der Waals surface area contributed by atoms with E-state index in [1.54, 1.807) is 0 Å². The first-order chi connectivity index (χ1) is 26.0. The lowest BCUT2D eigenvalue weighted by molar-refractivity contribution is 0.660. The Morgan fingerprint density at radius 1 is 0.377 bits per heavy atom. The van der Waals surface area contributed by atoms with Gasteiger partial charge in [0.05, 0.1) is 0 Å². The molecule has 1 aliphatic carbocycles. The van der Waals surface area contributed by atoms with Crippen molar-refractivity contribution in [2.24, 2.45) is 0 Å². The van der Waals surface area contributed by atoms with Gasteiger partial charge in [-0.3, -0.25) is 0 Å². The number of hydrogen-bond acceptors (Lipinski definition) is 2. The summed E-state index contributed by atoms with van der Waals surface area (Å²) in [7, 11) is 0. The molecule has 1 heterocycles. The van der Waals surface area contributed by atoms with E-state index in [4.69, 9.17) is 4.42 Å². The van der Waals surface area contributed by atoms with Gasteiger partial charge in [0.15, 0.2) is 0 Å². The number of para-hydroxylation sites is 1. The number of hydrogen-bond donors (Lipinski definition) is 0. The topological polar surface area (TPSA) is 16.4 Å². The Morgan fingerprint density at radius 2 is 0.981 bits per heavy atom. The molecule has 0 atom stereocenters. The van der Waals surface area contributed by atoms with E-state index < -0.39 is 0 Å². The van der Waals surface area contributed by atoms with E-state index in [1.165, 1.54) is 65.7 Å². The predicted molar refractivity (Wildman–Crippen MR) is 224 cm³/mol. The fraction of sp³-hybridized carbons (Fsp3) is 0.0588. The maximum Gasteiger partial charge on any atom is 0.137 e. The lowest BCUT2D eigenvalue weighted by Crippen LogP contribution is -2.16. The van der Waals surface area contributed by atoms with Crippen LogP contribution in [0.4, 0.5) is 17.1 Å². The number of rotatable bonds is 4. The average Bonchev–Trinajstić information content (AvgIpc) is 3.69. The zero-order chi connectivity index (χ0) is 35.3. The Hall–Kier alpha value is -6.64. The standard InChI is InChI=1S/C51H35NO/c1-51(2)47-17-9-7-15-41(47)42-27-24-35(29-48(42)51)52(36-25-28-44-43-16-8-10-18-49(43)53-50(44)30-36)34-22-19-33(20-23-34)45-31-46-37-12-4-3-11-32(37)21-26-40(46)38-13-5-6-14-39(38)45/h3-31H,1-2H3. The minimum Gasteiger partial charge on any atom is -0.456 e. The molecule has 0 spiro atoms. The van der Waals surface area contributed by atoms with Crippen molar-refractivity contribution < 1.29 is 4.42 Å². The highest BCUT2D eigenvalue weighted by atomic mass is 16.3. The molecule has 9 aromatic carbocycles. The summed E-state index contributed by atoms with van der Waals surface area (Å²) >= 11 is 0. The second-order valence-corrected chi connectivity index (χ2v) is 14.9. The molecule has 0 amide bonds. The summed E-state index contributed by atoms with van der Waals surface area (Å²) in [6, 6.07) is 64.3. The van der Waals surface area contributed by atoms with Crippen LogP contribution < -0.4 is 4.90 Å².